The number of aromatic nitrogens is 2. The van der Waals surface area contributed by atoms with E-state index in [2.05, 4.69) is 21.8 Å². The van der Waals surface area contributed by atoms with Crippen LogP contribution in [0.15, 0.2) is 6.07 Å². The van der Waals surface area contributed by atoms with E-state index < -0.39 is 0 Å². The molecule has 0 amide bonds. The minimum atomic E-state index is 0.478. The third-order valence-electron chi connectivity index (χ3n) is 3.67. The molecule has 106 valence electrons. The van der Waals surface area contributed by atoms with Gasteiger partial charge in [0.25, 0.3) is 0 Å². The predicted octanol–water partition coefficient (Wildman–Crippen LogP) is 2.94. The van der Waals surface area contributed by atoms with E-state index in [0.29, 0.717) is 17.8 Å². The van der Waals surface area contributed by atoms with E-state index in [0.717, 1.165) is 30.5 Å². The molecule has 2 rings (SSSR count). The minimum absolute atomic E-state index is 0.478. The van der Waals surface area contributed by atoms with Gasteiger partial charge >= 0.3 is 0 Å². The van der Waals surface area contributed by atoms with Gasteiger partial charge in [-0.1, -0.05) is 18.5 Å². The predicted molar refractivity (Wildman–Crippen MR) is 77.8 cm³/mol. The minimum Gasteiger partial charge on any atom is -0.383 e. The summed E-state index contributed by atoms with van der Waals surface area (Å²) in [6, 6.07) is 2.33. The summed E-state index contributed by atoms with van der Waals surface area (Å²) in [6.07, 6.45) is 3.41. The highest BCUT2D eigenvalue weighted by Crippen LogP contribution is 2.36. The lowest BCUT2D eigenvalue weighted by molar-refractivity contribution is 0.202. The maximum Gasteiger partial charge on any atom is 0.134 e. The van der Waals surface area contributed by atoms with Crippen molar-refractivity contribution in [2.45, 2.75) is 39.2 Å². The third kappa shape index (κ3) is 3.80. The summed E-state index contributed by atoms with van der Waals surface area (Å²) in [5.41, 5.74) is 0. The molecule has 1 atom stereocenters. The first-order chi connectivity index (χ1) is 9.15. The highest BCUT2D eigenvalue weighted by Gasteiger charge is 2.32. The number of hydrogen-bond acceptors (Lipinski definition) is 4. The lowest BCUT2D eigenvalue weighted by Gasteiger charge is -2.30. The molecule has 1 fully saturated rings. The monoisotopic (exact) mass is 283 g/mol. The van der Waals surface area contributed by atoms with Crippen molar-refractivity contribution in [1.29, 1.82) is 0 Å². The number of hydrogen-bond donors (Lipinski definition) is 0. The van der Waals surface area contributed by atoms with Crippen LogP contribution in [0.2, 0.25) is 5.15 Å². The number of nitrogens with zero attached hydrogens (tertiary/aromatic N) is 3. The highest BCUT2D eigenvalue weighted by molar-refractivity contribution is 6.29. The molecular weight excluding hydrogens is 262 g/mol. The first kappa shape index (κ1) is 14.5. The van der Waals surface area contributed by atoms with Gasteiger partial charge in [-0.05, 0) is 25.7 Å². The fourth-order valence-electron chi connectivity index (χ4n) is 2.31. The summed E-state index contributed by atoms with van der Waals surface area (Å²) >= 11 is 6.10. The lowest BCUT2D eigenvalue weighted by atomic mass is 10.2. The van der Waals surface area contributed by atoms with E-state index >= 15 is 0 Å². The Morgan fingerprint density at radius 3 is 2.79 bits per heavy atom. The molecule has 0 N–H and O–H groups in total. The van der Waals surface area contributed by atoms with Crippen LogP contribution >= 0.6 is 11.6 Å². The summed E-state index contributed by atoms with van der Waals surface area (Å²) in [5, 5.41) is 0.521. The summed E-state index contributed by atoms with van der Waals surface area (Å²) in [7, 11) is 1.73. The first-order valence-electron chi connectivity index (χ1n) is 6.94. The normalized spacial score (nSPS) is 16.4. The average Bonchev–Trinajstić information content (AvgIpc) is 3.22. The number of rotatable bonds is 7. The quantitative estimate of drug-likeness (QED) is 0.721. The van der Waals surface area contributed by atoms with Crippen LogP contribution in [0.1, 0.15) is 32.5 Å². The van der Waals surface area contributed by atoms with E-state index in [-0.39, 0.29) is 0 Å². The molecule has 5 heteroatoms. The smallest absolute Gasteiger partial charge is 0.134 e. The van der Waals surface area contributed by atoms with Crippen LogP contribution in [0.25, 0.3) is 0 Å². The Morgan fingerprint density at radius 2 is 2.21 bits per heavy atom. The average molecular weight is 284 g/mol. The van der Waals surface area contributed by atoms with Gasteiger partial charge in [-0.25, -0.2) is 9.97 Å². The number of methoxy groups -OCH3 is 1. The molecule has 19 heavy (non-hydrogen) atoms. The number of halogens is 1. The first-order valence-corrected chi connectivity index (χ1v) is 7.32. The molecule has 1 unspecified atom stereocenters. The molecule has 0 bridgehead atoms. The molecule has 0 radical (unpaired) electrons. The van der Waals surface area contributed by atoms with Gasteiger partial charge in [0.1, 0.15) is 16.8 Å². The van der Waals surface area contributed by atoms with Crippen molar-refractivity contribution in [3.8, 4) is 0 Å². The molecule has 1 saturated carbocycles. The SMILES string of the molecule is CCc1nc(Cl)cc(N(CCOC)C(C)C2CC2)n1. The fraction of sp³-hybridized carbons (Fsp3) is 0.714. The summed E-state index contributed by atoms with van der Waals surface area (Å²) in [4.78, 5) is 11.1. The Kier molecular flexibility index (Phi) is 4.99. The van der Waals surface area contributed by atoms with Crippen LogP contribution in [0.4, 0.5) is 5.82 Å². The van der Waals surface area contributed by atoms with Crippen molar-refractivity contribution in [2.24, 2.45) is 5.92 Å². The van der Waals surface area contributed by atoms with Crippen molar-refractivity contribution in [2.75, 3.05) is 25.2 Å². The van der Waals surface area contributed by atoms with Crippen LogP contribution in [0.5, 0.6) is 0 Å². The van der Waals surface area contributed by atoms with Crippen LogP contribution in [-0.4, -0.2) is 36.3 Å². The van der Waals surface area contributed by atoms with Crippen molar-refractivity contribution < 1.29 is 4.74 Å². The summed E-state index contributed by atoms with van der Waals surface area (Å²) in [6.45, 7) is 5.83. The Labute approximate surface area is 120 Å². The molecule has 1 aromatic rings. The second-order valence-corrected chi connectivity index (χ2v) is 5.47. The molecular formula is C14H22ClN3O. The van der Waals surface area contributed by atoms with E-state index in [1.54, 1.807) is 7.11 Å². The van der Waals surface area contributed by atoms with Gasteiger partial charge in [0.05, 0.1) is 6.61 Å². The maximum atomic E-state index is 6.10. The topological polar surface area (TPSA) is 38.2 Å². The van der Waals surface area contributed by atoms with E-state index in [9.17, 15) is 0 Å². The number of ether oxygens (including phenoxy) is 1. The van der Waals surface area contributed by atoms with Gasteiger partial charge in [0.15, 0.2) is 0 Å². The summed E-state index contributed by atoms with van der Waals surface area (Å²) < 4.78 is 5.21. The standard InChI is InChI=1S/C14H22ClN3O/c1-4-13-16-12(15)9-14(17-13)18(7-8-19-3)10(2)11-5-6-11/h9-11H,4-8H2,1-3H3. The number of aryl methyl sites for hydroxylation is 1. The van der Waals surface area contributed by atoms with Crippen LogP contribution in [0, 0.1) is 5.92 Å². The second-order valence-electron chi connectivity index (χ2n) is 5.08. The van der Waals surface area contributed by atoms with E-state index in [4.69, 9.17) is 16.3 Å². The van der Waals surface area contributed by atoms with E-state index in [1.165, 1.54) is 12.8 Å². The molecule has 1 heterocycles. The van der Waals surface area contributed by atoms with E-state index in [1.807, 2.05) is 13.0 Å². The molecule has 0 aromatic carbocycles. The van der Waals surface area contributed by atoms with Gasteiger partial charge < -0.3 is 9.64 Å². The fourth-order valence-corrected chi connectivity index (χ4v) is 2.50. The lowest BCUT2D eigenvalue weighted by Crippen LogP contribution is -2.38. The molecule has 0 saturated heterocycles. The molecule has 1 aliphatic rings. The zero-order valence-corrected chi connectivity index (χ0v) is 12.7. The molecule has 1 aliphatic carbocycles. The van der Waals surface area contributed by atoms with Crippen LogP contribution in [-0.2, 0) is 11.2 Å². The van der Waals surface area contributed by atoms with Crippen LogP contribution in [0.3, 0.4) is 0 Å². The van der Waals surface area contributed by atoms with Gasteiger partial charge in [-0.15, -0.1) is 0 Å². The van der Waals surface area contributed by atoms with Gasteiger partial charge in [-0.3, -0.25) is 0 Å². The molecule has 0 spiro atoms. The zero-order chi connectivity index (χ0) is 13.8. The molecule has 0 aliphatic heterocycles. The maximum absolute atomic E-state index is 6.10. The third-order valence-corrected chi connectivity index (χ3v) is 3.86. The van der Waals surface area contributed by atoms with Crippen LogP contribution < -0.4 is 4.90 Å². The number of anilines is 1. The highest BCUT2D eigenvalue weighted by atomic mass is 35.5. The van der Waals surface area contributed by atoms with Gasteiger partial charge in [0.2, 0.25) is 0 Å². The van der Waals surface area contributed by atoms with Crippen molar-refractivity contribution >= 4 is 17.4 Å². The van der Waals surface area contributed by atoms with Gasteiger partial charge in [0, 0.05) is 32.2 Å². The van der Waals surface area contributed by atoms with Crippen molar-refractivity contribution in [1.82, 2.24) is 9.97 Å². The Bertz CT molecular complexity index is 423. The van der Waals surface area contributed by atoms with Crippen molar-refractivity contribution in [3.05, 3.63) is 17.0 Å². The Hall–Kier alpha value is -0.870. The zero-order valence-electron chi connectivity index (χ0n) is 11.9. The van der Waals surface area contributed by atoms with Gasteiger partial charge in [-0.2, -0.15) is 0 Å². The Morgan fingerprint density at radius 1 is 1.47 bits per heavy atom. The largest absolute Gasteiger partial charge is 0.383 e. The summed E-state index contributed by atoms with van der Waals surface area (Å²) in [5.74, 6) is 2.50. The Balaban J connectivity index is 2.22. The van der Waals surface area contributed by atoms with Crippen molar-refractivity contribution in [3.63, 3.8) is 0 Å². The second kappa shape index (κ2) is 6.53. The molecule has 1 aromatic heterocycles. The molecule has 4 nitrogen and oxygen atoms in total.